The molecule has 0 atom stereocenters. The molecule has 120 valence electrons. The third-order valence-corrected chi connectivity index (χ3v) is 5.08. The Morgan fingerprint density at radius 3 is 2.65 bits per heavy atom. The minimum Gasteiger partial charge on any atom is -0.494 e. The summed E-state index contributed by atoms with van der Waals surface area (Å²) in [6.45, 7) is 3.47. The van der Waals surface area contributed by atoms with Gasteiger partial charge in [0.05, 0.1) is 27.9 Å². The zero-order chi connectivity index (χ0) is 16.2. The van der Waals surface area contributed by atoms with Gasteiger partial charge in [-0.3, -0.25) is 0 Å². The fourth-order valence-corrected chi connectivity index (χ4v) is 3.46. The van der Waals surface area contributed by atoms with E-state index in [4.69, 9.17) is 27.9 Å². The van der Waals surface area contributed by atoms with Gasteiger partial charge in [0.25, 0.3) is 0 Å². The van der Waals surface area contributed by atoms with Crippen LogP contribution in [0.2, 0.25) is 10.0 Å². The molecule has 0 aliphatic heterocycles. The molecule has 0 saturated carbocycles. The van der Waals surface area contributed by atoms with Crippen molar-refractivity contribution in [2.75, 3.05) is 11.9 Å². The van der Waals surface area contributed by atoms with E-state index in [1.165, 1.54) is 0 Å². The Morgan fingerprint density at radius 1 is 1.13 bits per heavy atom. The van der Waals surface area contributed by atoms with E-state index in [1.807, 2.05) is 30.3 Å². The fourth-order valence-electron chi connectivity index (χ4n) is 2.13. The van der Waals surface area contributed by atoms with Crippen LogP contribution in [0.5, 0.6) is 5.75 Å². The van der Waals surface area contributed by atoms with Crippen molar-refractivity contribution in [1.82, 2.24) is 4.98 Å². The normalized spacial score (nSPS) is 10.9. The smallest absolute Gasteiger partial charge is 0.119 e. The van der Waals surface area contributed by atoms with Crippen LogP contribution in [0.4, 0.5) is 5.69 Å². The van der Waals surface area contributed by atoms with Crippen molar-refractivity contribution in [2.45, 2.75) is 19.9 Å². The summed E-state index contributed by atoms with van der Waals surface area (Å²) in [6, 6.07) is 11.7. The summed E-state index contributed by atoms with van der Waals surface area (Å²) in [5.41, 5.74) is 1.79. The van der Waals surface area contributed by atoms with Crippen molar-refractivity contribution in [3.8, 4) is 5.75 Å². The highest BCUT2D eigenvalue weighted by Gasteiger charge is 2.10. The number of nitrogens with one attached hydrogen (secondary N) is 1. The highest BCUT2D eigenvalue weighted by molar-refractivity contribution is 7.18. The summed E-state index contributed by atoms with van der Waals surface area (Å²) in [4.78, 5) is 4.56. The Balaban J connectivity index is 1.67. The van der Waals surface area contributed by atoms with Gasteiger partial charge in [-0.25, -0.2) is 4.98 Å². The van der Waals surface area contributed by atoms with E-state index in [0.29, 0.717) is 16.6 Å². The monoisotopic (exact) mass is 366 g/mol. The zero-order valence-electron chi connectivity index (χ0n) is 12.6. The number of ether oxygens (including phenoxy) is 1. The number of thiazole rings is 1. The Bertz CT molecular complexity index is 802. The average molecular weight is 367 g/mol. The summed E-state index contributed by atoms with van der Waals surface area (Å²) in [5, 5.41) is 5.38. The predicted octanol–water partition coefficient (Wildman–Crippen LogP) is 6.00. The molecule has 3 aromatic rings. The van der Waals surface area contributed by atoms with E-state index in [-0.39, 0.29) is 0 Å². The van der Waals surface area contributed by atoms with E-state index in [0.717, 1.165) is 39.7 Å². The van der Waals surface area contributed by atoms with Gasteiger partial charge in [-0.05, 0) is 42.8 Å². The summed E-state index contributed by atoms with van der Waals surface area (Å²) >= 11 is 13.8. The first-order chi connectivity index (χ1) is 11.2. The Morgan fingerprint density at radius 2 is 1.91 bits per heavy atom. The Kier molecular flexibility index (Phi) is 5.26. The van der Waals surface area contributed by atoms with E-state index in [9.17, 15) is 0 Å². The maximum atomic E-state index is 6.19. The standard InChI is InChI=1S/C17H16Cl2N2OS/c1-2-9-22-12-5-3-11(4-6-12)20-10-15-21-17-14(23-15)8-7-13(18)16(17)19/h3-8,20H,2,9-10H2,1H3. The molecule has 3 rings (SSSR count). The van der Waals surface area contributed by atoms with Crippen molar-refractivity contribution < 1.29 is 4.74 Å². The molecule has 0 fully saturated rings. The molecule has 1 N–H and O–H groups in total. The lowest BCUT2D eigenvalue weighted by Gasteiger charge is -2.07. The van der Waals surface area contributed by atoms with E-state index < -0.39 is 0 Å². The van der Waals surface area contributed by atoms with Crippen LogP contribution in [0.15, 0.2) is 36.4 Å². The van der Waals surface area contributed by atoms with E-state index >= 15 is 0 Å². The highest BCUT2D eigenvalue weighted by Crippen LogP contribution is 2.33. The molecule has 3 nitrogen and oxygen atoms in total. The molecule has 0 unspecified atom stereocenters. The molecule has 0 aliphatic rings. The summed E-state index contributed by atoms with van der Waals surface area (Å²) in [7, 11) is 0. The third-order valence-electron chi connectivity index (χ3n) is 3.27. The molecule has 2 aromatic carbocycles. The van der Waals surface area contributed by atoms with Crippen molar-refractivity contribution in [3.05, 3.63) is 51.5 Å². The average Bonchev–Trinajstić information content (AvgIpc) is 2.99. The molecule has 0 amide bonds. The van der Waals surface area contributed by atoms with Crippen LogP contribution in [-0.4, -0.2) is 11.6 Å². The number of anilines is 1. The molecule has 1 aromatic heterocycles. The van der Waals surface area contributed by atoms with Gasteiger partial charge in [-0.1, -0.05) is 30.1 Å². The second-order valence-electron chi connectivity index (χ2n) is 5.04. The molecule has 0 spiro atoms. The molecular weight excluding hydrogens is 351 g/mol. The topological polar surface area (TPSA) is 34.1 Å². The van der Waals surface area contributed by atoms with E-state index in [1.54, 1.807) is 17.4 Å². The number of hydrogen-bond donors (Lipinski definition) is 1. The largest absolute Gasteiger partial charge is 0.494 e. The van der Waals surface area contributed by atoms with Gasteiger partial charge < -0.3 is 10.1 Å². The number of fused-ring (bicyclic) bond motifs is 1. The second kappa shape index (κ2) is 7.39. The molecular formula is C17H16Cl2N2OS. The molecule has 23 heavy (non-hydrogen) atoms. The maximum Gasteiger partial charge on any atom is 0.119 e. The first-order valence-electron chi connectivity index (χ1n) is 7.37. The van der Waals surface area contributed by atoms with Gasteiger partial charge in [-0.2, -0.15) is 0 Å². The van der Waals surface area contributed by atoms with Crippen LogP contribution >= 0.6 is 34.5 Å². The lowest BCUT2D eigenvalue weighted by molar-refractivity contribution is 0.317. The van der Waals surface area contributed by atoms with Gasteiger partial charge in [0.2, 0.25) is 0 Å². The first-order valence-corrected chi connectivity index (χ1v) is 8.94. The Labute approximate surface area is 149 Å². The maximum absolute atomic E-state index is 6.19. The van der Waals surface area contributed by atoms with Crippen LogP contribution in [-0.2, 0) is 6.54 Å². The van der Waals surface area contributed by atoms with Gasteiger partial charge in [0.1, 0.15) is 16.3 Å². The molecule has 6 heteroatoms. The number of halogens is 2. The van der Waals surface area contributed by atoms with Gasteiger partial charge >= 0.3 is 0 Å². The lowest BCUT2D eigenvalue weighted by Crippen LogP contribution is -1.99. The Hall–Kier alpha value is -1.49. The number of aromatic nitrogens is 1. The van der Waals surface area contributed by atoms with Crippen molar-refractivity contribution >= 4 is 50.4 Å². The van der Waals surface area contributed by atoms with Crippen LogP contribution in [0.25, 0.3) is 10.2 Å². The number of rotatable bonds is 6. The number of nitrogens with zero attached hydrogens (tertiary/aromatic N) is 1. The van der Waals surface area contributed by atoms with E-state index in [2.05, 4.69) is 17.2 Å². The quantitative estimate of drug-likeness (QED) is 0.580. The van der Waals surface area contributed by atoms with Crippen LogP contribution in [0, 0.1) is 0 Å². The van der Waals surface area contributed by atoms with Crippen molar-refractivity contribution in [3.63, 3.8) is 0 Å². The molecule has 0 bridgehead atoms. The summed E-state index contributed by atoms with van der Waals surface area (Å²) in [5.74, 6) is 0.888. The SMILES string of the molecule is CCCOc1ccc(NCc2nc3c(Cl)c(Cl)ccc3s2)cc1. The van der Waals surface area contributed by atoms with Gasteiger partial charge in [-0.15, -0.1) is 11.3 Å². The summed E-state index contributed by atoms with van der Waals surface area (Å²) in [6.07, 6.45) is 1.00. The third kappa shape index (κ3) is 3.89. The highest BCUT2D eigenvalue weighted by atomic mass is 35.5. The van der Waals surface area contributed by atoms with Crippen LogP contribution in [0.3, 0.4) is 0 Å². The van der Waals surface area contributed by atoms with Gasteiger partial charge in [0.15, 0.2) is 0 Å². The number of hydrogen-bond acceptors (Lipinski definition) is 4. The van der Waals surface area contributed by atoms with Crippen LogP contribution in [0.1, 0.15) is 18.4 Å². The molecule has 0 aliphatic carbocycles. The van der Waals surface area contributed by atoms with Crippen molar-refractivity contribution in [2.24, 2.45) is 0 Å². The fraction of sp³-hybridized carbons (Fsp3) is 0.235. The molecule has 0 saturated heterocycles. The van der Waals surface area contributed by atoms with Crippen molar-refractivity contribution in [1.29, 1.82) is 0 Å². The lowest BCUT2D eigenvalue weighted by atomic mass is 10.3. The summed E-state index contributed by atoms with van der Waals surface area (Å²) < 4.78 is 6.61. The molecule has 1 heterocycles. The predicted molar refractivity (Wildman–Crippen MR) is 99.2 cm³/mol. The minimum absolute atomic E-state index is 0.518. The minimum atomic E-state index is 0.518. The number of benzene rings is 2. The van der Waals surface area contributed by atoms with Gasteiger partial charge in [0, 0.05) is 5.69 Å². The van der Waals surface area contributed by atoms with Crippen LogP contribution < -0.4 is 10.1 Å². The first kappa shape index (κ1) is 16.4. The molecule has 0 radical (unpaired) electrons. The zero-order valence-corrected chi connectivity index (χ0v) is 14.9. The second-order valence-corrected chi connectivity index (χ2v) is 6.94.